The molecule has 2 atom stereocenters. The molecule has 2 rings (SSSR count). The molecule has 16 heavy (non-hydrogen) atoms. The third-order valence-electron chi connectivity index (χ3n) is 3.69. The Balaban J connectivity index is 1.80. The third kappa shape index (κ3) is 2.95. The van der Waals surface area contributed by atoms with Gasteiger partial charge in [-0.05, 0) is 25.3 Å². The van der Waals surface area contributed by atoms with Crippen molar-refractivity contribution in [2.75, 3.05) is 32.8 Å². The molecule has 0 aromatic carbocycles. The van der Waals surface area contributed by atoms with Crippen molar-refractivity contribution < 1.29 is 9.53 Å². The minimum Gasteiger partial charge on any atom is -0.378 e. The number of amides is 1. The number of carbonyl (C=O) groups excluding carboxylic acids is 1. The highest BCUT2D eigenvalue weighted by atomic mass is 16.5. The summed E-state index contributed by atoms with van der Waals surface area (Å²) < 4.78 is 5.25. The van der Waals surface area contributed by atoms with Crippen LogP contribution in [0.15, 0.2) is 0 Å². The van der Waals surface area contributed by atoms with Crippen molar-refractivity contribution in [1.29, 1.82) is 0 Å². The molecular weight excluding hydrogens is 204 g/mol. The Morgan fingerprint density at radius 3 is 2.88 bits per heavy atom. The second-order valence-corrected chi connectivity index (χ2v) is 4.88. The van der Waals surface area contributed by atoms with E-state index in [-0.39, 0.29) is 5.91 Å². The van der Waals surface area contributed by atoms with E-state index in [1.807, 2.05) is 4.90 Å². The van der Waals surface area contributed by atoms with Gasteiger partial charge in [-0.2, -0.15) is 0 Å². The molecule has 2 fully saturated rings. The summed E-state index contributed by atoms with van der Waals surface area (Å²) in [7, 11) is 0. The molecule has 1 N–H and O–H groups in total. The lowest BCUT2D eigenvalue weighted by Crippen LogP contribution is -2.47. The summed E-state index contributed by atoms with van der Waals surface area (Å²) in [6.45, 7) is 6.22. The molecule has 4 nitrogen and oxygen atoms in total. The molecule has 2 unspecified atom stereocenters. The molecule has 0 aromatic rings. The van der Waals surface area contributed by atoms with Gasteiger partial charge in [0.1, 0.15) is 0 Å². The Bertz CT molecular complexity index is 239. The molecule has 2 aliphatic heterocycles. The van der Waals surface area contributed by atoms with Crippen molar-refractivity contribution in [3.63, 3.8) is 0 Å². The van der Waals surface area contributed by atoms with E-state index in [4.69, 9.17) is 4.74 Å². The van der Waals surface area contributed by atoms with Crippen molar-refractivity contribution in [2.45, 2.75) is 32.2 Å². The first-order chi connectivity index (χ1) is 7.77. The van der Waals surface area contributed by atoms with Crippen LogP contribution in [-0.4, -0.2) is 49.7 Å². The highest BCUT2D eigenvalue weighted by Crippen LogP contribution is 2.18. The fourth-order valence-corrected chi connectivity index (χ4v) is 2.52. The monoisotopic (exact) mass is 226 g/mol. The number of ether oxygens (including phenoxy) is 1. The first-order valence-electron chi connectivity index (χ1n) is 6.36. The maximum atomic E-state index is 12.0. The Labute approximate surface area is 97.3 Å². The minimum absolute atomic E-state index is 0.287. The molecule has 0 bridgehead atoms. The van der Waals surface area contributed by atoms with Crippen LogP contribution < -0.4 is 5.32 Å². The van der Waals surface area contributed by atoms with Crippen molar-refractivity contribution in [2.24, 2.45) is 5.92 Å². The van der Waals surface area contributed by atoms with E-state index in [0.29, 0.717) is 31.6 Å². The quantitative estimate of drug-likeness (QED) is 0.750. The lowest BCUT2D eigenvalue weighted by molar-refractivity contribution is -0.136. The molecule has 92 valence electrons. The Kier molecular flexibility index (Phi) is 4.18. The molecular formula is C12H22N2O2. The second kappa shape index (κ2) is 5.64. The highest BCUT2D eigenvalue weighted by Gasteiger charge is 2.26. The van der Waals surface area contributed by atoms with Gasteiger partial charge in [0, 0.05) is 25.6 Å². The number of nitrogens with zero attached hydrogens (tertiary/aromatic N) is 1. The van der Waals surface area contributed by atoms with Gasteiger partial charge in [0.15, 0.2) is 0 Å². The first-order valence-corrected chi connectivity index (χ1v) is 6.36. The van der Waals surface area contributed by atoms with E-state index >= 15 is 0 Å². The summed E-state index contributed by atoms with van der Waals surface area (Å²) in [6, 6.07) is 0.379. The predicted molar refractivity (Wildman–Crippen MR) is 62.2 cm³/mol. The predicted octanol–water partition coefficient (Wildman–Crippen LogP) is 0.623. The van der Waals surface area contributed by atoms with Crippen LogP contribution in [0, 0.1) is 5.92 Å². The van der Waals surface area contributed by atoms with Gasteiger partial charge in [-0.1, -0.05) is 6.92 Å². The van der Waals surface area contributed by atoms with Gasteiger partial charge in [-0.15, -0.1) is 0 Å². The van der Waals surface area contributed by atoms with Crippen LogP contribution in [0.4, 0.5) is 0 Å². The van der Waals surface area contributed by atoms with E-state index in [2.05, 4.69) is 12.2 Å². The van der Waals surface area contributed by atoms with Crippen LogP contribution in [0.5, 0.6) is 0 Å². The van der Waals surface area contributed by atoms with Gasteiger partial charge in [0.25, 0.3) is 0 Å². The normalized spacial score (nSPS) is 31.4. The zero-order chi connectivity index (χ0) is 11.4. The first kappa shape index (κ1) is 11.9. The van der Waals surface area contributed by atoms with Gasteiger partial charge in [-0.25, -0.2) is 0 Å². The Morgan fingerprint density at radius 1 is 1.44 bits per heavy atom. The largest absolute Gasteiger partial charge is 0.378 e. The van der Waals surface area contributed by atoms with Gasteiger partial charge < -0.3 is 15.0 Å². The molecule has 0 spiro atoms. The van der Waals surface area contributed by atoms with Crippen molar-refractivity contribution in [3.8, 4) is 0 Å². The molecule has 0 aliphatic carbocycles. The summed E-state index contributed by atoms with van der Waals surface area (Å²) in [5.74, 6) is 0.910. The van der Waals surface area contributed by atoms with Gasteiger partial charge in [0.05, 0.1) is 13.2 Å². The van der Waals surface area contributed by atoms with Crippen LogP contribution in [0.1, 0.15) is 26.2 Å². The SMILES string of the molecule is CC1CCCNC1CC(=O)N1CCOCC1. The minimum atomic E-state index is 0.287. The smallest absolute Gasteiger partial charge is 0.224 e. The van der Waals surface area contributed by atoms with Crippen LogP contribution in [-0.2, 0) is 9.53 Å². The number of hydrogen-bond donors (Lipinski definition) is 1. The summed E-state index contributed by atoms with van der Waals surface area (Å²) in [5.41, 5.74) is 0. The standard InChI is InChI=1S/C12H22N2O2/c1-10-3-2-4-13-11(10)9-12(15)14-5-7-16-8-6-14/h10-11,13H,2-9H2,1H3. The highest BCUT2D eigenvalue weighted by molar-refractivity contribution is 5.77. The van der Waals surface area contributed by atoms with Crippen molar-refractivity contribution in [1.82, 2.24) is 10.2 Å². The fraction of sp³-hybridized carbons (Fsp3) is 0.917. The number of morpholine rings is 1. The number of carbonyl (C=O) groups is 1. The molecule has 0 radical (unpaired) electrons. The summed E-state index contributed by atoms with van der Waals surface area (Å²) in [5, 5.41) is 3.46. The molecule has 0 saturated carbocycles. The van der Waals surface area contributed by atoms with Crippen LogP contribution in [0.3, 0.4) is 0 Å². The lowest BCUT2D eigenvalue weighted by atomic mass is 9.90. The topological polar surface area (TPSA) is 41.6 Å². The van der Waals surface area contributed by atoms with Gasteiger partial charge in [0.2, 0.25) is 5.91 Å². The van der Waals surface area contributed by atoms with Gasteiger partial charge >= 0.3 is 0 Å². The van der Waals surface area contributed by atoms with Crippen LogP contribution in [0.2, 0.25) is 0 Å². The van der Waals surface area contributed by atoms with Crippen LogP contribution >= 0.6 is 0 Å². The summed E-state index contributed by atoms with van der Waals surface area (Å²) in [4.78, 5) is 14.0. The molecule has 0 aromatic heterocycles. The molecule has 2 aliphatic rings. The number of nitrogens with one attached hydrogen (secondary N) is 1. The van der Waals surface area contributed by atoms with E-state index in [1.54, 1.807) is 0 Å². The number of rotatable bonds is 2. The Hall–Kier alpha value is -0.610. The average Bonchev–Trinajstić information content (AvgIpc) is 2.33. The maximum Gasteiger partial charge on any atom is 0.224 e. The van der Waals surface area contributed by atoms with Gasteiger partial charge in [-0.3, -0.25) is 4.79 Å². The molecule has 2 heterocycles. The summed E-state index contributed by atoms with van der Waals surface area (Å²) in [6.07, 6.45) is 3.14. The Morgan fingerprint density at radius 2 is 2.19 bits per heavy atom. The van der Waals surface area contributed by atoms with E-state index in [1.165, 1.54) is 12.8 Å². The summed E-state index contributed by atoms with van der Waals surface area (Å²) >= 11 is 0. The maximum absolute atomic E-state index is 12.0. The fourth-order valence-electron chi connectivity index (χ4n) is 2.52. The lowest BCUT2D eigenvalue weighted by Gasteiger charge is -2.33. The number of piperidine rings is 1. The molecule has 1 amide bonds. The van der Waals surface area contributed by atoms with Crippen molar-refractivity contribution in [3.05, 3.63) is 0 Å². The third-order valence-corrected chi connectivity index (χ3v) is 3.69. The average molecular weight is 226 g/mol. The zero-order valence-corrected chi connectivity index (χ0v) is 10.1. The van der Waals surface area contributed by atoms with E-state index in [9.17, 15) is 4.79 Å². The zero-order valence-electron chi connectivity index (χ0n) is 10.1. The molecule has 2 saturated heterocycles. The van der Waals surface area contributed by atoms with Crippen LogP contribution in [0.25, 0.3) is 0 Å². The molecule has 4 heteroatoms. The van der Waals surface area contributed by atoms with E-state index in [0.717, 1.165) is 19.6 Å². The van der Waals surface area contributed by atoms with E-state index < -0.39 is 0 Å². The van der Waals surface area contributed by atoms with Crippen molar-refractivity contribution >= 4 is 5.91 Å². The number of hydrogen-bond acceptors (Lipinski definition) is 3. The second-order valence-electron chi connectivity index (χ2n) is 4.88.